The molecule has 8 heteroatoms. The van der Waals surface area contributed by atoms with E-state index in [0.29, 0.717) is 25.1 Å². The second-order valence-electron chi connectivity index (χ2n) is 6.68. The molecule has 2 heterocycles. The van der Waals surface area contributed by atoms with Crippen LogP contribution in [-0.4, -0.2) is 39.9 Å². The van der Waals surface area contributed by atoms with Gasteiger partial charge in [-0.2, -0.15) is 0 Å². The predicted octanol–water partition coefficient (Wildman–Crippen LogP) is 1.00. The number of carbonyl (C=O) groups is 3. The standard InChI is InChI=1S/C19H23N5O3/c1-13(2)24-15-7-4-3-6-14(15)16(19(24)27)22-18(26)17(25)21-8-5-10-23-11-9-20-12-23/h3-4,6-7,9,11-13,16H,5,8,10H2,1-2H3,(H,21,25)(H,22,26)/t16-/m0/s1. The van der Waals surface area contributed by atoms with Gasteiger partial charge < -0.3 is 20.1 Å². The van der Waals surface area contributed by atoms with Gasteiger partial charge in [-0.05, 0) is 26.3 Å². The summed E-state index contributed by atoms with van der Waals surface area (Å²) >= 11 is 0. The van der Waals surface area contributed by atoms with E-state index < -0.39 is 17.9 Å². The monoisotopic (exact) mass is 369 g/mol. The van der Waals surface area contributed by atoms with Crippen molar-refractivity contribution >= 4 is 23.4 Å². The van der Waals surface area contributed by atoms with Gasteiger partial charge in [0.15, 0.2) is 0 Å². The molecule has 1 aromatic carbocycles. The zero-order valence-electron chi connectivity index (χ0n) is 15.4. The third-order valence-corrected chi connectivity index (χ3v) is 4.43. The van der Waals surface area contributed by atoms with E-state index in [-0.39, 0.29) is 11.9 Å². The number of nitrogens with zero attached hydrogens (tertiary/aromatic N) is 3. The molecular weight excluding hydrogens is 346 g/mol. The first kappa shape index (κ1) is 18.6. The van der Waals surface area contributed by atoms with Crippen molar-refractivity contribution in [2.45, 2.75) is 38.9 Å². The quantitative estimate of drug-likeness (QED) is 0.586. The predicted molar refractivity (Wildman–Crippen MR) is 99.8 cm³/mol. The molecule has 0 radical (unpaired) electrons. The van der Waals surface area contributed by atoms with E-state index in [4.69, 9.17) is 0 Å². The Morgan fingerprint density at radius 1 is 1.22 bits per heavy atom. The van der Waals surface area contributed by atoms with Crippen LogP contribution in [0.15, 0.2) is 43.0 Å². The number of aryl methyl sites for hydroxylation is 1. The van der Waals surface area contributed by atoms with E-state index in [2.05, 4.69) is 15.6 Å². The Morgan fingerprint density at radius 3 is 2.70 bits per heavy atom. The highest BCUT2D eigenvalue weighted by Gasteiger charge is 2.39. The minimum Gasteiger partial charge on any atom is -0.348 e. The van der Waals surface area contributed by atoms with Crippen molar-refractivity contribution in [2.75, 3.05) is 11.4 Å². The molecule has 3 amide bonds. The Morgan fingerprint density at radius 2 is 2.00 bits per heavy atom. The van der Waals surface area contributed by atoms with Gasteiger partial charge in [0.1, 0.15) is 6.04 Å². The number of hydrogen-bond donors (Lipinski definition) is 2. The average molecular weight is 369 g/mol. The van der Waals surface area contributed by atoms with Gasteiger partial charge in [-0.25, -0.2) is 4.98 Å². The van der Waals surface area contributed by atoms with Gasteiger partial charge in [0.25, 0.3) is 5.91 Å². The molecule has 0 spiro atoms. The van der Waals surface area contributed by atoms with E-state index in [1.807, 2.05) is 42.8 Å². The number of aromatic nitrogens is 2. The molecule has 2 aromatic rings. The minimum atomic E-state index is -0.840. The van der Waals surface area contributed by atoms with Crippen molar-refractivity contribution < 1.29 is 14.4 Å². The van der Waals surface area contributed by atoms with Crippen LogP contribution in [0.3, 0.4) is 0 Å². The van der Waals surface area contributed by atoms with Gasteiger partial charge in [-0.1, -0.05) is 18.2 Å². The molecule has 2 N–H and O–H groups in total. The van der Waals surface area contributed by atoms with Crippen LogP contribution in [0.1, 0.15) is 31.9 Å². The molecule has 1 aromatic heterocycles. The van der Waals surface area contributed by atoms with E-state index in [1.165, 1.54) is 0 Å². The van der Waals surface area contributed by atoms with Gasteiger partial charge in [-0.15, -0.1) is 0 Å². The molecule has 0 unspecified atom stereocenters. The smallest absolute Gasteiger partial charge is 0.310 e. The van der Waals surface area contributed by atoms with Crippen LogP contribution in [0.25, 0.3) is 0 Å². The van der Waals surface area contributed by atoms with Crippen LogP contribution < -0.4 is 15.5 Å². The highest BCUT2D eigenvalue weighted by molar-refractivity contribution is 6.35. The number of imidazole rings is 1. The molecule has 1 atom stereocenters. The Balaban J connectivity index is 1.56. The highest BCUT2D eigenvalue weighted by atomic mass is 16.2. The van der Waals surface area contributed by atoms with Crippen molar-refractivity contribution in [1.29, 1.82) is 0 Å². The van der Waals surface area contributed by atoms with Crippen molar-refractivity contribution in [3.05, 3.63) is 48.5 Å². The maximum absolute atomic E-state index is 12.7. The summed E-state index contributed by atoms with van der Waals surface area (Å²) in [7, 11) is 0. The molecule has 3 rings (SSSR count). The van der Waals surface area contributed by atoms with Crippen molar-refractivity contribution in [3.63, 3.8) is 0 Å². The Labute approximate surface area is 157 Å². The normalized spacial score (nSPS) is 15.7. The summed E-state index contributed by atoms with van der Waals surface area (Å²) in [6.07, 6.45) is 5.88. The molecule has 1 aliphatic heterocycles. The first-order chi connectivity index (χ1) is 13.0. The lowest BCUT2D eigenvalue weighted by Gasteiger charge is -2.22. The summed E-state index contributed by atoms with van der Waals surface area (Å²) in [5.74, 6) is -1.78. The Bertz CT molecular complexity index is 832. The maximum atomic E-state index is 12.7. The fraction of sp³-hybridized carbons (Fsp3) is 0.368. The topological polar surface area (TPSA) is 96.3 Å². The van der Waals surface area contributed by atoms with Gasteiger partial charge in [0, 0.05) is 42.8 Å². The molecule has 0 saturated carbocycles. The molecule has 142 valence electrons. The largest absolute Gasteiger partial charge is 0.348 e. The molecule has 0 aliphatic carbocycles. The molecule has 8 nitrogen and oxygen atoms in total. The molecule has 27 heavy (non-hydrogen) atoms. The second-order valence-corrected chi connectivity index (χ2v) is 6.68. The van der Waals surface area contributed by atoms with Crippen LogP contribution in [0.4, 0.5) is 5.69 Å². The zero-order valence-corrected chi connectivity index (χ0v) is 15.4. The number of benzene rings is 1. The summed E-state index contributed by atoms with van der Waals surface area (Å²) in [6.45, 7) is 4.87. The Kier molecular flexibility index (Phi) is 5.54. The number of carbonyl (C=O) groups excluding carboxylic acids is 3. The maximum Gasteiger partial charge on any atom is 0.310 e. The zero-order chi connectivity index (χ0) is 19.4. The third-order valence-electron chi connectivity index (χ3n) is 4.43. The summed E-state index contributed by atoms with van der Waals surface area (Å²) in [4.78, 5) is 42.6. The molecule has 0 fully saturated rings. The van der Waals surface area contributed by atoms with Gasteiger partial charge in [0.05, 0.1) is 6.33 Å². The first-order valence-electron chi connectivity index (χ1n) is 8.95. The fourth-order valence-electron chi connectivity index (χ4n) is 3.17. The van der Waals surface area contributed by atoms with Gasteiger partial charge in [0.2, 0.25) is 0 Å². The summed E-state index contributed by atoms with van der Waals surface area (Å²) in [6, 6.07) is 6.41. The molecule has 1 aliphatic rings. The summed E-state index contributed by atoms with van der Waals surface area (Å²) in [5, 5.41) is 5.15. The van der Waals surface area contributed by atoms with Gasteiger partial charge in [-0.3, -0.25) is 14.4 Å². The van der Waals surface area contributed by atoms with Crippen molar-refractivity contribution in [2.24, 2.45) is 0 Å². The number of para-hydroxylation sites is 1. The molecular formula is C19H23N5O3. The minimum absolute atomic E-state index is 0.0439. The van der Waals surface area contributed by atoms with E-state index >= 15 is 0 Å². The number of rotatable bonds is 6. The van der Waals surface area contributed by atoms with Crippen LogP contribution in [0.5, 0.6) is 0 Å². The van der Waals surface area contributed by atoms with Crippen LogP contribution in [-0.2, 0) is 20.9 Å². The third kappa shape index (κ3) is 3.99. The van der Waals surface area contributed by atoms with Crippen molar-refractivity contribution in [3.8, 4) is 0 Å². The lowest BCUT2D eigenvalue weighted by atomic mass is 10.1. The number of amides is 3. The highest BCUT2D eigenvalue weighted by Crippen LogP contribution is 2.36. The van der Waals surface area contributed by atoms with Crippen LogP contribution >= 0.6 is 0 Å². The number of fused-ring (bicyclic) bond motifs is 1. The number of nitrogens with one attached hydrogen (secondary N) is 2. The summed E-state index contributed by atoms with van der Waals surface area (Å²) < 4.78 is 1.89. The van der Waals surface area contributed by atoms with Crippen LogP contribution in [0.2, 0.25) is 0 Å². The molecule has 0 saturated heterocycles. The molecule has 0 bridgehead atoms. The van der Waals surface area contributed by atoms with Crippen LogP contribution in [0, 0.1) is 0 Å². The van der Waals surface area contributed by atoms with E-state index in [9.17, 15) is 14.4 Å². The fourth-order valence-corrected chi connectivity index (χ4v) is 3.17. The first-order valence-corrected chi connectivity index (χ1v) is 8.95. The van der Waals surface area contributed by atoms with E-state index in [1.54, 1.807) is 23.5 Å². The number of anilines is 1. The van der Waals surface area contributed by atoms with E-state index in [0.717, 1.165) is 5.69 Å². The SMILES string of the molecule is CC(C)N1C(=O)[C@@H](NC(=O)C(=O)NCCCn2ccnc2)c2ccccc21. The average Bonchev–Trinajstić information content (AvgIpc) is 3.25. The van der Waals surface area contributed by atoms with Crippen molar-refractivity contribution in [1.82, 2.24) is 20.2 Å². The Hall–Kier alpha value is -3.16. The lowest BCUT2D eigenvalue weighted by Crippen LogP contribution is -2.45. The lowest BCUT2D eigenvalue weighted by molar-refractivity contribution is -0.140. The van der Waals surface area contributed by atoms with Gasteiger partial charge >= 0.3 is 11.8 Å². The number of hydrogen-bond acceptors (Lipinski definition) is 4. The second kappa shape index (κ2) is 8.03. The summed E-state index contributed by atoms with van der Waals surface area (Å²) in [5.41, 5.74) is 1.47.